The lowest BCUT2D eigenvalue weighted by molar-refractivity contribution is 0.187. The van der Waals surface area contributed by atoms with E-state index in [4.69, 9.17) is 4.98 Å². The Balaban J connectivity index is 1.50. The fraction of sp³-hybridized carbons (Fsp3) is 0.667. The first-order valence-electron chi connectivity index (χ1n) is 8.94. The van der Waals surface area contributed by atoms with Crippen LogP contribution < -0.4 is 5.32 Å². The lowest BCUT2D eigenvalue weighted by atomic mass is 9.93. The minimum absolute atomic E-state index is 0.556. The van der Waals surface area contributed by atoms with Gasteiger partial charge in [0.15, 0.2) is 0 Å². The third-order valence-electron chi connectivity index (χ3n) is 5.49. The van der Waals surface area contributed by atoms with E-state index in [1.807, 2.05) is 17.5 Å². The van der Waals surface area contributed by atoms with Gasteiger partial charge in [-0.05, 0) is 43.7 Å². The maximum Gasteiger partial charge on any atom is 0.107 e. The summed E-state index contributed by atoms with van der Waals surface area (Å²) in [5, 5.41) is 8.08. The zero-order valence-corrected chi connectivity index (χ0v) is 16.1. The Bertz CT molecular complexity index is 658. The van der Waals surface area contributed by atoms with Crippen LogP contribution in [0.2, 0.25) is 0 Å². The van der Waals surface area contributed by atoms with Gasteiger partial charge in [-0.25, -0.2) is 9.97 Å². The third kappa shape index (κ3) is 3.43. The highest BCUT2D eigenvalue weighted by Crippen LogP contribution is 2.56. The SMILES string of the molecule is CC(C)c1cnc(CN(Cc2nccs2)C2CC23CCNCC3)s1. The molecule has 2 fully saturated rings. The Hall–Kier alpha value is -0.820. The van der Waals surface area contributed by atoms with E-state index in [2.05, 4.69) is 40.6 Å². The smallest absolute Gasteiger partial charge is 0.107 e. The number of thiazole rings is 2. The quantitative estimate of drug-likeness (QED) is 0.847. The van der Waals surface area contributed by atoms with Gasteiger partial charge in [-0.3, -0.25) is 4.90 Å². The molecule has 6 heteroatoms. The summed E-state index contributed by atoms with van der Waals surface area (Å²) in [5.74, 6) is 0.570. The molecule has 24 heavy (non-hydrogen) atoms. The molecular weight excluding hydrogens is 336 g/mol. The van der Waals surface area contributed by atoms with Gasteiger partial charge in [0.25, 0.3) is 0 Å². The summed E-state index contributed by atoms with van der Waals surface area (Å²) in [6, 6.07) is 0.704. The van der Waals surface area contributed by atoms with Gasteiger partial charge >= 0.3 is 0 Å². The molecule has 2 aromatic heterocycles. The van der Waals surface area contributed by atoms with Crippen molar-refractivity contribution in [2.75, 3.05) is 13.1 Å². The second-order valence-corrected chi connectivity index (χ2v) is 9.60. The molecule has 4 rings (SSSR count). The van der Waals surface area contributed by atoms with Crippen LogP contribution in [0.5, 0.6) is 0 Å². The van der Waals surface area contributed by atoms with Crippen LogP contribution in [0.4, 0.5) is 0 Å². The summed E-state index contributed by atoms with van der Waals surface area (Å²) in [7, 11) is 0. The van der Waals surface area contributed by atoms with E-state index >= 15 is 0 Å². The summed E-state index contributed by atoms with van der Waals surface area (Å²) in [4.78, 5) is 13.3. The largest absolute Gasteiger partial charge is 0.317 e. The first-order chi connectivity index (χ1) is 11.7. The Labute approximate surface area is 152 Å². The Morgan fingerprint density at radius 2 is 2.04 bits per heavy atom. The molecule has 1 aliphatic carbocycles. The third-order valence-corrected chi connectivity index (χ3v) is 7.53. The Morgan fingerprint density at radius 1 is 1.25 bits per heavy atom. The molecule has 130 valence electrons. The maximum atomic E-state index is 4.70. The van der Waals surface area contributed by atoms with Crippen molar-refractivity contribution in [3.8, 4) is 0 Å². The van der Waals surface area contributed by atoms with Crippen molar-refractivity contribution in [3.63, 3.8) is 0 Å². The van der Waals surface area contributed by atoms with Crippen molar-refractivity contribution in [1.29, 1.82) is 0 Å². The average molecular weight is 363 g/mol. The minimum Gasteiger partial charge on any atom is -0.317 e. The van der Waals surface area contributed by atoms with Crippen LogP contribution in [0.3, 0.4) is 0 Å². The van der Waals surface area contributed by atoms with Crippen LogP contribution in [0.25, 0.3) is 0 Å². The predicted octanol–water partition coefficient (Wildman–Crippen LogP) is 3.87. The second kappa shape index (κ2) is 6.83. The number of nitrogens with zero attached hydrogens (tertiary/aromatic N) is 3. The van der Waals surface area contributed by atoms with Crippen LogP contribution in [0.1, 0.15) is 53.9 Å². The van der Waals surface area contributed by atoms with E-state index < -0.39 is 0 Å². The molecular formula is C18H26N4S2. The molecule has 1 unspecified atom stereocenters. The summed E-state index contributed by atoms with van der Waals surface area (Å²) >= 11 is 3.65. The van der Waals surface area contributed by atoms with Gasteiger partial charge in [0, 0.05) is 28.7 Å². The molecule has 1 saturated carbocycles. The highest BCUT2D eigenvalue weighted by atomic mass is 32.1. The number of piperidine rings is 1. The van der Waals surface area contributed by atoms with Gasteiger partial charge in [-0.15, -0.1) is 22.7 Å². The zero-order chi connectivity index (χ0) is 16.6. The topological polar surface area (TPSA) is 41.1 Å². The van der Waals surface area contributed by atoms with Crippen LogP contribution in [-0.2, 0) is 13.1 Å². The number of aromatic nitrogens is 2. The molecule has 1 aliphatic heterocycles. The van der Waals surface area contributed by atoms with Crippen LogP contribution >= 0.6 is 22.7 Å². The van der Waals surface area contributed by atoms with E-state index in [9.17, 15) is 0 Å². The van der Waals surface area contributed by atoms with Gasteiger partial charge in [-0.2, -0.15) is 0 Å². The number of hydrogen-bond acceptors (Lipinski definition) is 6. The molecule has 0 amide bonds. The van der Waals surface area contributed by atoms with Crippen molar-refractivity contribution < 1.29 is 0 Å². The molecule has 0 aromatic carbocycles. The summed E-state index contributed by atoms with van der Waals surface area (Å²) in [6.45, 7) is 8.78. The van der Waals surface area contributed by atoms with Crippen molar-refractivity contribution in [2.45, 2.75) is 58.2 Å². The van der Waals surface area contributed by atoms with E-state index in [1.165, 1.54) is 47.2 Å². The van der Waals surface area contributed by atoms with Gasteiger partial charge in [0.2, 0.25) is 0 Å². The Kier molecular flexibility index (Phi) is 4.73. The molecule has 4 nitrogen and oxygen atoms in total. The normalized spacial score (nSPS) is 22.6. The van der Waals surface area contributed by atoms with Gasteiger partial charge in [0.1, 0.15) is 10.0 Å². The molecule has 3 heterocycles. The lowest BCUT2D eigenvalue weighted by Gasteiger charge is -2.28. The van der Waals surface area contributed by atoms with E-state index in [0.29, 0.717) is 17.4 Å². The number of nitrogens with one attached hydrogen (secondary N) is 1. The average Bonchev–Trinajstić information content (AvgIpc) is 3.00. The Morgan fingerprint density at radius 3 is 2.71 bits per heavy atom. The zero-order valence-electron chi connectivity index (χ0n) is 14.5. The molecule has 1 N–H and O–H groups in total. The minimum atomic E-state index is 0.556. The van der Waals surface area contributed by atoms with Crippen molar-refractivity contribution in [3.05, 3.63) is 32.7 Å². The van der Waals surface area contributed by atoms with E-state index in [-0.39, 0.29) is 0 Å². The lowest BCUT2D eigenvalue weighted by Crippen LogP contribution is -2.35. The number of hydrogen-bond donors (Lipinski definition) is 1. The van der Waals surface area contributed by atoms with Crippen LogP contribution in [0.15, 0.2) is 17.8 Å². The fourth-order valence-corrected chi connectivity index (χ4v) is 5.51. The van der Waals surface area contributed by atoms with Crippen molar-refractivity contribution >= 4 is 22.7 Å². The second-order valence-electron chi connectivity index (χ2n) is 7.47. The molecule has 2 aromatic rings. The highest BCUT2D eigenvalue weighted by Gasteiger charge is 2.56. The van der Waals surface area contributed by atoms with Crippen molar-refractivity contribution in [1.82, 2.24) is 20.2 Å². The predicted molar refractivity (Wildman–Crippen MR) is 101 cm³/mol. The fourth-order valence-electron chi connectivity index (χ4n) is 3.92. The van der Waals surface area contributed by atoms with Crippen molar-refractivity contribution in [2.24, 2.45) is 5.41 Å². The van der Waals surface area contributed by atoms with Gasteiger partial charge in [-0.1, -0.05) is 13.8 Å². The molecule has 1 spiro atoms. The number of rotatable bonds is 6. The van der Waals surface area contributed by atoms with Crippen LogP contribution in [0, 0.1) is 5.41 Å². The van der Waals surface area contributed by atoms with E-state index in [1.54, 1.807) is 11.3 Å². The van der Waals surface area contributed by atoms with Crippen LogP contribution in [-0.4, -0.2) is 34.0 Å². The highest BCUT2D eigenvalue weighted by molar-refractivity contribution is 7.11. The first-order valence-corrected chi connectivity index (χ1v) is 10.6. The molecule has 2 aliphatic rings. The van der Waals surface area contributed by atoms with Gasteiger partial charge in [0.05, 0.1) is 13.1 Å². The first kappa shape index (κ1) is 16.6. The monoisotopic (exact) mass is 362 g/mol. The maximum absolute atomic E-state index is 4.70. The van der Waals surface area contributed by atoms with E-state index in [0.717, 1.165) is 13.1 Å². The summed E-state index contributed by atoms with van der Waals surface area (Å²) in [6.07, 6.45) is 7.98. The molecule has 0 radical (unpaired) electrons. The molecule has 0 bridgehead atoms. The van der Waals surface area contributed by atoms with Gasteiger partial charge < -0.3 is 5.32 Å². The summed E-state index contributed by atoms with van der Waals surface area (Å²) in [5.41, 5.74) is 0.556. The molecule has 1 atom stereocenters. The standard InChI is InChI=1S/C18H26N4S2/c1-13(2)14-10-21-17(24-14)12-22(11-16-20-7-8-23-16)15-9-18(15)3-5-19-6-4-18/h7-8,10,13,15,19H,3-6,9,11-12H2,1-2H3. The summed E-state index contributed by atoms with van der Waals surface area (Å²) < 4.78 is 0. The molecule has 1 saturated heterocycles.